The van der Waals surface area contributed by atoms with E-state index < -0.39 is 18.1 Å². The van der Waals surface area contributed by atoms with E-state index in [0.29, 0.717) is 0 Å². The van der Waals surface area contributed by atoms with Crippen molar-refractivity contribution < 1.29 is 15.0 Å². The van der Waals surface area contributed by atoms with Gasteiger partial charge in [-0.2, -0.15) is 0 Å². The predicted molar refractivity (Wildman–Crippen MR) is 34.4 cm³/mol. The minimum atomic E-state index is -1.18. The van der Waals surface area contributed by atoms with Crippen LogP contribution in [0.3, 0.4) is 0 Å². The number of rotatable bonds is 2. The number of nitrogens with two attached hydrogens (primary N) is 1. The van der Waals surface area contributed by atoms with Gasteiger partial charge in [0, 0.05) is 0 Å². The first kappa shape index (κ1) is 12.7. The Morgan fingerprint density at radius 3 is 2.00 bits per heavy atom. The zero-order valence-electron chi connectivity index (χ0n) is 4.53. The molecule has 50 valence electrons. The standard InChI is InChI=1S/C4H9NO3.K.H/c1-2(6)3(5)4(7)8;;/h2-3,6H,5H2,1H3,(H,7,8);;. The van der Waals surface area contributed by atoms with Gasteiger partial charge in [0.05, 0.1) is 6.10 Å². The van der Waals surface area contributed by atoms with Gasteiger partial charge in [0.2, 0.25) is 0 Å². The van der Waals surface area contributed by atoms with Crippen molar-refractivity contribution in [2.75, 3.05) is 0 Å². The van der Waals surface area contributed by atoms with Gasteiger partial charge in [-0.05, 0) is 6.92 Å². The van der Waals surface area contributed by atoms with Gasteiger partial charge in [0.25, 0.3) is 0 Å². The first-order valence-electron chi connectivity index (χ1n) is 2.22. The van der Waals surface area contributed by atoms with E-state index >= 15 is 0 Å². The minimum absolute atomic E-state index is 0. The van der Waals surface area contributed by atoms with Crippen LogP contribution < -0.4 is 5.73 Å². The summed E-state index contributed by atoms with van der Waals surface area (Å²) in [6.45, 7) is 1.33. The van der Waals surface area contributed by atoms with Crippen molar-refractivity contribution in [2.24, 2.45) is 5.73 Å². The molecule has 0 rings (SSSR count). The van der Waals surface area contributed by atoms with E-state index in [0.717, 1.165) is 0 Å². The number of carboxylic acid groups (broad SMARTS) is 1. The molecule has 0 aromatic rings. The van der Waals surface area contributed by atoms with Gasteiger partial charge in [-0.15, -0.1) is 0 Å². The van der Waals surface area contributed by atoms with Crippen LogP contribution in [-0.4, -0.2) is 79.7 Å². The van der Waals surface area contributed by atoms with Crippen LogP contribution in [0.15, 0.2) is 0 Å². The Morgan fingerprint density at radius 1 is 1.67 bits per heavy atom. The molecular weight excluding hydrogens is 149 g/mol. The van der Waals surface area contributed by atoms with Crippen molar-refractivity contribution in [1.29, 1.82) is 0 Å². The summed E-state index contributed by atoms with van der Waals surface area (Å²) in [7, 11) is 0. The van der Waals surface area contributed by atoms with Crippen LogP contribution in [-0.2, 0) is 4.79 Å². The predicted octanol–water partition coefficient (Wildman–Crippen LogP) is -1.87. The van der Waals surface area contributed by atoms with Crippen molar-refractivity contribution in [1.82, 2.24) is 0 Å². The maximum atomic E-state index is 9.86. The fraction of sp³-hybridized carbons (Fsp3) is 0.750. The molecule has 0 aliphatic carbocycles. The molecule has 0 radical (unpaired) electrons. The molecule has 9 heavy (non-hydrogen) atoms. The maximum absolute atomic E-state index is 9.86. The quantitative estimate of drug-likeness (QED) is 0.412. The molecule has 4 nitrogen and oxygen atoms in total. The Labute approximate surface area is 95.8 Å². The Morgan fingerprint density at radius 2 is 2.00 bits per heavy atom. The average Bonchev–Trinajstić information content (AvgIpc) is 1.64. The van der Waals surface area contributed by atoms with Gasteiger partial charge in [-0.1, -0.05) is 0 Å². The summed E-state index contributed by atoms with van der Waals surface area (Å²) in [4.78, 5) is 9.86. The third kappa shape index (κ3) is 5.47. The normalized spacial score (nSPS) is 15.4. The summed E-state index contributed by atoms with van der Waals surface area (Å²) < 4.78 is 0. The fourth-order valence-electron chi connectivity index (χ4n) is 0.206. The average molecular weight is 159 g/mol. The van der Waals surface area contributed by atoms with E-state index in [-0.39, 0.29) is 51.4 Å². The number of carbonyl (C=O) groups is 1. The number of carboxylic acids is 1. The number of aliphatic hydroxyl groups is 1. The Bertz CT molecular complexity index is 95.8. The van der Waals surface area contributed by atoms with Crippen LogP contribution in [0.1, 0.15) is 6.92 Å². The van der Waals surface area contributed by atoms with Gasteiger partial charge in [0.1, 0.15) is 6.04 Å². The SMILES string of the molecule is CC(O)C(N)C(=O)O.[KH]. The summed E-state index contributed by atoms with van der Waals surface area (Å²) in [5.74, 6) is -1.18. The van der Waals surface area contributed by atoms with Crippen LogP contribution in [0, 0.1) is 0 Å². The second-order valence-corrected chi connectivity index (χ2v) is 1.60. The molecule has 0 spiro atoms. The first-order valence-corrected chi connectivity index (χ1v) is 2.22. The zero-order chi connectivity index (χ0) is 6.73. The molecule has 2 atom stereocenters. The van der Waals surface area contributed by atoms with Crippen molar-refractivity contribution in [3.05, 3.63) is 0 Å². The molecule has 0 aliphatic rings. The second kappa shape index (κ2) is 5.78. The third-order valence-corrected chi connectivity index (χ3v) is 0.805. The van der Waals surface area contributed by atoms with Crippen molar-refractivity contribution in [3.8, 4) is 0 Å². The number of aliphatic carboxylic acids is 1. The van der Waals surface area contributed by atoms with Crippen LogP contribution in [0.5, 0.6) is 0 Å². The molecule has 0 amide bonds. The summed E-state index contributed by atoms with van der Waals surface area (Å²) in [5.41, 5.74) is 4.91. The molecular formula is C4H10KNO3. The summed E-state index contributed by atoms with van der Waals surface area (Å²) >= 11 is 0. The fourth-order valence-corrected chi connectivity index (χ4v) is 0.206. The second-order valence-electron chi connectivity index (χ2n) is 1.60. The Kier molecular flexibility index (Phi) is 8.15. The Hall–Kier alpha value is 1.03. The molecule has 0 heterocycles. The molecule has 0 aromatic heterocycles. The van der Waals surface area contributed by atoms with Gasteiger partial charge in [-0.25, -0.2) is 0 Å². The van der Waals surface area contributed by atoms with E-state index in [1.807, 2.05) is 0 Å². The van der Waals surface area contributed by atoms with Gasteiger partial charge in [0.15, 0.2) is 0 Å². The number of hydrogen-bond acceptors (Lipinski definition) is 3. The summed E-state index contributed by atoms with van der Waals surface area (Å²) in [6, 6.07) is -1.16. The molecule has 4 N–H and O–H groups in total. The van der Waals surface area contributed by atoms with Gasteiger partial charge >= 0.3 is 57.4 Å². The van der Waals surface area contributed by atoms with Crippen LogP contribution >= 0.6 is 0 Å². The number of hydrogen-bond donors (Lipinski definition) is 3. The van der Waals surface area contributed by atoms with Crippen LogP contribution in [0.25, 0.3) is 0 Å². The molecule has 0 aromatic carbocycles. The van der Waals surface area contributed by atoms with Crippen molar-refractivity contribution in [3.63, 3.8) is 0 Å². The molecule has 2 unspecified atom stereocenters. The van der Waals surface area contributed by atoms with E-state index in [1.54, 1.807) is 0 Å². The van der Waals surface area contributed by atoms with Crippen molar-refractivity contribution >= 4 is 57.4 Å². The third-order valence-electron chi connectivity index (χ3n) is 0.805. The molecule has 0 fully saturated rings. The van der Waals surface area contributed by atoms with E-state index in [1.165, 1.54) is 6.92 Å². The van der Waals surface area contributed by atoms with Crippen LogP contribution in [0.2, 0.25) is 0 Å². The van der Waals surface area contributed by atoms with E-state index in [9.17, 15) is 4.79 Å². The van der Waals surface area contributed by atoms with E-state index in [4.69, 9.17) is 15.9 Å². The molecule has 5 heteroatoms. The summed E-state index contributed by atoms with van der Waals surface area (Å²) in [6.07, 6.45) is -0.979. The first-order chi connectivity index (χ1) is 3.55. The molecule has 0 saturated heterocycles. The number of aliphatic hydroxyl groups excluding tert-OH is 1. The van der Waals surface area contributed by atoms with Gasteiger partial charge < -0.3 is 15.9 Å². The monoisotopic (exact) mass is 159 g/mol. The zero-order valence-corrected chi connectivity index (χ0v) is 4.53. The molecule has 0 saturated carbocycles. The summed E-state index contributed by atoms with van der Waals surface area (Å²) in [5, 5.41) is 16.6. The molecule has 0 aliphatic heterocycles. The van der Waals surface area contributed by atoms with Gasteiger partial charge in [-0.3, -0.25) is 4.79 Å². The Balaban J connectivity index is 0. The van der Waals surface area contributed by atoms with E-state index in [2.05, 4.69) is 0 Å². The molecule has 0 bridgehead atoms. The van der Waals surface area contributed by atoms with Crippen molar-refractivity contribution in [2.45, 2.75) is 19.1 Å². The van der Waals surface area contributed by atoms with Crippen LogP contribution in [0.4, 0.5) is 0 Å². The topological polar surface area (TPSA) is 83.5 Å².